The highest BCUT2D eigenvalue weighted by atomic mass is 19.1. The Kier molecular flexibility index (Phi) is 4.72. The number of hydroxylamine groups is 2. The Morgan fingerprint density at radius 2 is 2.00 bits per heavy atom. The van der Waals surface area contributed by atoms with Gasteiger partial charge in [-0.2, -0.15) is 5.06 Å². The van der Waals surface area contributed by atoms with Crippen molar-refractivity contribution >= 4 is 0 Å². The normalized spacial score (nSPS) is 21.0. The van der Waals surface area contributed by atoms with Gasteiger partial charge in [0.2, 0.25) is 0 Å². The zero-order valence-corrected chi connectivity index (χ0v) is 15.4. The monoisotopic (exact) mass is 355 g/mol. The second-order valence-corrected chi connectivity index (χ2v) is 7.41. The molecule has 0 fully saturated rings. The molecule has 3 nitrogen and oxygen atoms in total. The summed E-state index contributed by atoms with van der Waals surface area (Å²) in [7, 11) is 0. The van der Waals surface area contributed by atoms with Crippen molar-refractivity contribution in [2.24, 2.45) is 0 Å². The lowest BCUT2D eigenvalue weighted by Crippen LogP contribution is -2.42. The molecule has 1 aliphatic heterocycles. The summed E-state index contributed by atoms with van der Waals surface area (Å²) in [6.45, 7) is 4.40. The fraction of sp³-hybridized carbons (Fsp3) is 0.455. The summed E-state index contributed by atoms with van der Waals surface area (Å²) in [4.78, 5) is 6.18. The van der Waals surface area contributed by atoms with Gasteiger partial charge >= 0.3 is 0 Å². The standard InChI is InChI=1S/C22H26FNO2/c1-3-6-20(14(2)23)26-24-12-11-15-7-4-9-17-21(15)18(24)13-16-8-5-10-19(25)22(16)17/h4-5,7-10,14,18,20,25H,3,6,11-13H2,1-2H3. The number of phenols is 1. The molecular weight excluding hydrogens is 329 g/mol. The lowest BCUT2D eigenvalue weighted by Gasteiger charge is -2.42. The van der Waals surface area contributed by atoms with Gasteiger partial charge in [0.15, 0.2) is 0 Å². The lowest BCUT2D eigenvalue weighted by molar-refractivity contribution is -0.240. The van der Waals surface area contributed by atoms with E-state index in [0.29, 0.717) is 12.2 Å². The van der Waals surface area contributed by atoms with Gasteiger partial charge in [-0.1, -0.05) is 43.7 Å². The van der Waals surface area contributed by atoms with Crippen LogP contribution in [0.25, 0.3) is 11.1 Å². The number of hydrogen-bond donors (Lipinski definition) is 1. The topological polar surface area (TPSA) is 32.7 Å². The largest absolute Gasteiger partial charge is 0.507 e. The molecule has 1 heterocycles. The molecule has 0 bridgehead atoms. The molecular formula is C22H26FNO2. The van der Waals surface area contributed by atoms with Gasteiger partial charge in [-0.15, -0.1) is 0 Å². The zero-order chi connectivity index (χ0) is 18.3. The molecule has 2 aliphatic rings. The van der Waals surface area contributed by atoms with E-state index < -0.39 is 12.3 Å². The average molecular weight is 355 g/mol. The molecule has 1 N–H and O–H groups in total. The van der Waals surface area contributed by atoms with Crippen LogP contribution in [0, 0.1) is 0 Å². The summed E-state index contributed by atoms with van der Waals surface area (Å²) >= 11 is 0. The molecule has 0 radical (unpaired) electrons. The third kappa shape index (κ3) is 2.91. The maximum Gasteiger partial charge on any atom is 0.125 e. The minimum Gasteiger partial charge on any atom is -0.507 e. The van der Waals surface area contributed by atoms with Crippen molar-refractivity contribution in [1.82, 2.24) is 5.06 Å². The highest BCUT2D eigenvalue weighted by molar-refractivity contribution is 5.80. The average Bonchev–Trinajstić information content (AvgIpc) is 2.63. The molecule has 0 spiro atoms. The van der Waals surface area contributed by atoms with Gasteiger partial charge in [0.25, 0.3) is 0 Å². The second-order valence-electron chi connectivity index (χ2n) is 7.41. The number of alkyl halides is 1. The summed E-state index contributed by atoms with van der Waals surface area (Å²) in [6.07, 6.45) is 1.86. The molecule has 2 aromatic carbocycles. The maximum absolute atomic E-state index is 14.0. The predicted octanol–water partition coefficient (Wildman–Crippen LogP) is 4.97. The summed E-state index contributed by atoms with van der Waals surface area (Å²) in [5.41, 5.74) is 5.68. The molecule has 3 unspecified atom stereocenters. The number of benzene rings is 2. The Hall–Kier alpha value is -1.91. The summed E-state index contributed by atoms with van der Waals surface area (Å²) in [5, 5.41) is 12.4. The molecule has 0 aromatic heterocycles. The SMILES string of the molecule is CCCC(ON1CCc2cccc3c2C1Cc1cccc(O)c1-3)C(C)F. The minimum absolute atomic E-state index is 0.0716. The Morgan fingerprint density at radius 1 is 1.23 bits per heavy atom. The maximum atomic E-state index is 14.0. The first-order valence-corrected chi connectivity index (χ1v) is 9.60. The first-order chi connectivity index (χ1) is 12.6. The number of halogens is 1. The first-order valence-electron chi connectivity index (χ1n) is 9.60. The van der Waals surface area contributed by atoms with E-state index in [4.69, 9.17) is 4.84 Å². The highest BCUT2D eigenvalue weighted by Gasteiger charge is 2.37. The number of rotatable bonds is 5. The van der Waals surface area contributed by atoms with Crippen LogP contribution in [-0.2, 0) is 17.7 Å². The smallest absolute Gasteiger partial charge is 0.125 e. The molecule has 138 valence electrons. The summed E-state index contributed by atoms with van der Waals surface area (Å²) < 4.78 is 14.0. The summed E-state index contributed by atoms with van der Waals surface area (Å²) in [5.74, 6) is 0.327. The Bertz CT molecular complexity index is 805. The van der Waals surface area contributed by atoms with E-state index in [2.05, 4.69) is 31.2 Å². The molecule has 4 rings (SSSR count). The second kappa shape index (κ2) is 7.01. The van der Waals surface area contributed by atoms with Crippen LogP contribution in [-0.4, -0.2) is 29.0 Å². The van der Waals surface area contributed by atoms with Crippen LogP contribution in [0.2, 0.25) is 0 Å². The van der Waals surface area contributed by atoms with Gasteiger partial charge in [-0.05, 0) is 54.5 Å². The van der Waals surface area contributed by atoms with Gasteiger partial charge in [0.1, 0.15) is 18.0 Å². The van der Waals surface area contributed by atoms with E-state index in [9.17, 15) is 9.50 Å². The number of aromatic hydroxyl groups is 1. The summed E-state index contributed by atoms with van der Waals surface area (Å²) in [6, 6.07) is 12.1. The van der Waals surface area contributed by atoms with E-state index in [1.807, 2.05) is 11.1 Å². The van der Waals surface area contributed by atoms with Crippen LogP contribution in [0.1, 0.15) is 49.4 Å². The molecule has 3 atom stereocenters. The molecule has 1 aliphatic carbocycles. The van der Waals surface area contributed by atoms with E-state index in [1.165, 1.54) is 11.1 Å². The van der Waals surface area contributed by atoms with Crippen LogP contribution in [0.15, 0.2) is 36.4 Å². The first kappa shape index (κ1) is 17.5. The van der Waals surface area contributed by atoms with Gasteiger partial charge in [0.05, 0.1) is 6.04 Å². The van der Waals surface area contributed by atoms with Crippen LogP contribution in [0.3, 0.4) is 0 Å². The van der Waals surface area contributed by atoms with Gasteiger partial charge < -0.3 is 5.11 Å². The Labute approximate surface area is 154 Å². The minimum atomic E-state index is -0.994. The fourth-order valence-corrected chi connectivity index (χ4v) is 4.40. The van der Waals surface area contributed by atoms with Crippen LogP contribution >= 0.6 is 0 Å². The molecule has 2 aromatic rings. The molecule has 0 saturated carbocycles. The van der Waals surface area contributed by atoms with E-state index in [1.54, 1.807) is 13.0 Å². The van der Waals surface area contributed by atoms with Crippen molar-refractivity contribution in [3.05, 3.63) is 53.1 Å². The van der Waals surface area contributed by atoms with Gasteiger partial charge in [-0.25, -0.2) is 4.39 Å². The van der Waals surface area contributed by atoms with Crippen molar-refractivity contribution in [1.29, 1.82) is 0 Å². The quantitative estimate of drug-likeness (QED) is 0.822. The molecule has 0 amide bonds. The van der Waals surface area contributed by atoms with Crippen molar-refractivity contribution in [2.75, 3.05) is 6.54 Å². The molecule has 0 saturated heterocycles. The number of hydrogen-bond acceptors (Lipinski definition) is 3. The van der Waals surface area contributed by atoms with Crippen molar-refractivity contribution < 1.29 is 14.3 Å². The van der Waals surface area contributed by atoms with E-state index in [0.717, 1.165) is 42.5 Å². The fourth-order valence-electron chi connectivity index (χ4n) is 4.40. The number of phenolic OH excluding ortho intramolecular Hbond substituents is 1. The van der Waals surface area contributed by atoms with E-state index in [-0.39, 0.29) is 6.04 Å². The Morgan fingerprint density at radius 3 is 2.77 bits per heavy atom. The van der Waals surface area contributed by atoms with Gasteiger partial charge in [0, 0.05) is 12.1 Å². The van der Waals surface area contributed by atoms with Crippen molar-refractivity contribution in [2.45, 2.75) is 57.8 Å². The third-order valence-electron chi connectivity index (χ3n) is 5.65. The predicted molar refractivity (Wildman–Crippen MR) is 101 cm³/mol. The van der Waals surface area contributed by atoms with Crippen LogP contribution in [0.4, 0.5) is 4.39 Å². The lowest BCUT2D eigenvalue weighted by atomic mass is 9.77. The number of nitrogens with zero attached hydrogens (tertiary/aromatic N) is 1. The molecule has 26 heavy (non-hydrogen) atoms. The molecule has 4 heteroatoms. The zero-order valence-electron chi connectivity index (χ0n) is 15.4. The van der Waals surface area contributed by atoms with Crippen molar-refractivity contribution in [3.63, 3.8) is 0 Å². The van der Waals surface area contributed by atoms with Crippen LogP contribution in [0.5, 0.6) is 5.75 Å². The third-order valence-corrected chi connectivity index (χ3v) is 5.65. The highest BCUT2D eigenvalue weighted by Crippen LogP contribution is 2.48. The van der Waals surface area contributed by atoms with E-state index >= 15 is 0 Å². The van der Waals surface area contributed by atoms with Crippen LogP contribution < -0.4 is 0 Å². The van der Waals surface area contributed by atoms with Crippen molar-refractivity contribution in [3.8, 4) is 16.9 Å². The number of fused-ring (bicyclic) bond motifs is 2. The Balaban J connectivity index is 1.74. The van der Waals surface area contributed by atoms with Gasteiger partial charge in [-0.3, -0.25) is 4.84 Å².